The van der Waals surface area contributed by atoms with Gasteiger partial charge in [-0.3, -0.25) is 4.79 Å². The first-order valence-electron chi connectivity index (χ1n) is 5.65. The van der Waals surface area contributed by atoms with Gasteiger partial charge in [-0.05, 0) is 19.2 Å². The monoisotopic (exact) mass is 266 g/mol. The van der Waals surface area contributed by atoms with Crippen LogP contribution < -0.4 is 5.32 Å². The Morgan fingerprint density at radius 2 is 2.28 bits per heavy atom. The Hall–Kier alpha value is -1.36. The van der Waals surface area contributed by atoms with Gasteiger partial charge < -0.3 is 15.0 Å². The predicted molar refractivity (Wildman–Crippen MR) is 72.2 cm³/mol. The Bertz CT molecular complexity index is 588. The quantitative estimate of drug-likeness (QED) is 0.827. The molecule has 96 valence electrons. The average Bonchev–Trinajstić information content (AvgIpc) is 2.68. The number of fused-ring (bicyclic) bond motifs is 1. The molecule has 0 amide bonds. The summed E-state index contributed by atoms with van der Waals surface area (Å²) >= 11 is 5.95. The number of hydrogen-bond acceptors (Lipinski definition) is 3. The predicted octanol–water partition coefficient (Wildman–Crippen LogP) is 1.59. The highest BCUT2D eigenvalue weighted by molar-refractivity contribution is 6.31. The van der Waals surface area contributed by atoms with Crippen molar-refractivity contribution in [3.8, 4) is 0 Å². The molecule has 0 saturated carbocycles. The molecule has 0 radical (unpaired) electrons. The van der Waals surface area contributed by atoms with E-state index in [1.807, 2.05) is 23.7 Å². The lowest BCUT2D eigenvalue weighted by Gasteiger charge is -2.10. The molecular formula is C13H15ClN2O2. The van der Waals surface area contributed by atoms with Crippen LogP contribution in [0.15, 0.2) is 24.4 Å². The largest absolute Gasteiger partial charge is 0.394 e. The molecule has 5 heteroatoms. The Balaban J connectivity index is 2.55. The van der Waals surface area contributed by atoms with Crippen molar-refractivity contribution in [2.24, 2.45) is 7.05 Å². The highest BCUT2D eigenvalue weighted by Crippen LogP contribution is 2.25. The van der Waals surface area contributed by atoms with Crippen molar-refractivity contribution in [2.45, 2.75) is 6.04 Å². The minimum absolute atomic E-state index is 0.118. The summed E-state index contributed by atoms with van der Waals surface area (Å²) in [5, 5.41) is 13.5. The maximum Gasteiger partial charge on any atom is 0.184 e. The van der Waals surface area contributed by atoms with Gasteiger partial charge in [-0.2, -0.15) is 0 Å². The number of aliphatic hydroxyl groups is 1. The zero-order valence-corrected chi connectivity index (χ0v) is 11.0. The van der Waals surface area contributed by atoms with Gasteiger partial charge in [-0.25, -0.2) is 0 Å². The average molecular weight is 267 g/mol. The van der Waals surface area contributed by atoms with Gasteiger partial charge in [0.15, 0.2) is 5.78 Å². The number of nitrogens with one attached hydrogen (secondary N) is 1. The molecule has 0 bridgehead atoms. The Morgan fingerprint density at radius 1 is 1.56 bits per heavy atom. The number of likely N-dealkylation sites (N-methyl/N-ethyl adjacent to an activating group) is 1. The molecule has 0 aliphatic rings. The van der Waals surface area contributed by atoms with E-state index >= 15 is 0 Å². The number of aromatic nitrogens is 1. The van der Waals surface area contributed by atoms with E-state index in [4.69, 9.17) is 16.7 Å². The molecule has 2 N–H and O–H groups in total. The third-order valence-electron chi connectivity index (χ3n) is 3.07. The van der Waals surface area contributed by atoms with E-state index in [0.29, 0.717) is 10.6 Å². The topological polar surface area (TPSA) is 54.3 Å². The number of nitrogens with zero attached hydrogens (tertiary/aromatic N) is 1. The number of ketones is 1. The molecule has 18 heavy (non-hydrogen) atoms. The lowest BCUT2D eigenvalue weighted by atomic mass is 10.0. The molecule has 1 unspecified atom stereocenters. The van der Waals surface area contributed by atoms with Crippen molar-refractivity contribution < 1.29 is 9.90 Å². The number of aryl methyl sites for hydroxylation is 1. The van der Waals surface area contributed by atoms with Crippen molar-refractivity contribution in [2.75, 3.05) is 13.7 Å². The van der Waals surface area contributed by atoms with Crippen LogP contribution in [0, 0.1) is 0 Å². The van der Waals surface area contributed by atoms with Crippen molar-refractivity contribution in [1.29, 1.82) is 0 Å². The van der Waals surface area contributed by atoms with Crippen LogP contribution >= 0.6 is 11.6 Å². The molecule has 2 aromatic rings. The first-order valence-corrected chi connectivity index (χ1v) is 6.03. The first kappa shape index (κ1) is 13.1. The molecular weight excluding hydrogens is 252 g/mol. The molecule has 1 heterocycles. The first-order chi connectivity index (χ1) is 8.58. The van der Waals surface area contributed by atoms with Gasteiger partial charge in [0, 0.05) is 34.7 Å². The lowest BCUT2D eigenvalue weighted by molar-refractivity contribution is 0.0906. The van der Waals surface area contributed by atoms with Crippen LogP contribution in [0.2, 0.25) is 5.02 Å². The summed E-state index contributed by atoms with van der Waals surface area (Å²) in [7, 11) is 3.52. The summed E-state index contributed by atoms with van der Waals surface area (Å²) < 4.78 is 1.86. The summed E-state index contributed by atoms with van der Waals surface area (Å²) in [5.74, 6) is -0.118. The van der Waals surface area contributed by atoms with E-state index in [-0.39, 0.29) is 12.4 Å². The zero-order valence-electron chi connectivity index (χ0n) is 10.3. The number of Topliss-reactive ketones (excluding diaryl/α,β-unsaturated/α-hetero) is 1. The number of carbonyl (C=O) groups excluding carboxylic acids is 1. The fourth-order valence-corrected chi connectivity index (χ4v) is 2.21. The van der Waals surface area contributed by atoms with E-state index in [1.54, 1.807) is 19.3 Å². The highest BCUT2D eigenvalue weighted by atomic mass is 35.5. The third-order valence-corrected chi connectivity index (χ3v) is 3.30. The summed E-state index contributed by atoms with van der Waals surface area (Å²) in [6.07, 6.45) is 1.77. The van der Waals surface area contributed by atoms with Crippen LogP contribution in [0.5, 0.6) is 0 Å². The number of aliphatic hydroxyl groups excluding tert-OH is 1. The number of benzene rings is 1. The lowest BCUT2D eigenvalue weighted by Crippen LogP contribution is -2.37. The van der Waals surface area contributed by atoms with Gasteiger partial charge in [0.2, 0.25) is 0 Å². The Kier molecular flexibility index (Phi) is 3.71. The van der Waals surface area contributed by atoms with Gasteiger partial charge in [0.25, 0.3) is 0 Å². The van der Waals surface area contributed by atoms with E-state index < -0.39 is 6.04 Å². The zero-order chi connectivity index (χ0) is 13.3. The van der Waals surface area contributed by atoms with E-state index in [1.165, 1.54) is 0 Å². The summed E-state index contributed by atoms with van der Waals surface area (Å²) in [5.41, 5.74) is 1.50. The molecule has 2 rings (SSSR count). The number of carbonyl (C=O) groups is 1. The minimum Gasteiger partial charge on any atom is -0.394 e. The maximum atomic E-state index is 12.3. The SMILES string of the molecule is CNC(CO)C(=O)c1cn(C)c2cc(Cl)ccc12. The Morgan fingerprint density at radius 3 is 2.89 bits per heavy atom. The van der Waals surface area contributed by atoms with Crippen molar-refractivity contribution in [1.82, 2.24) is 9.88 Å². The van der Waals surface area contributed by atoms with Crippen LogP contribution in [-0.4, -0.2) is 35.2 Å². The Labute approximate surface area is 110 Å². The van der Waals surface area contributed by atoms with Crippen molar-refractivity contribution >= 4 is 28.3 Å². The van der Waals surface area contributed by atoms with Gasteiger partial charge in [0.05, 0.1) is 12.6 Å². The number of hydrogen-bond donors (Lipinski definition) is 2. The molecule has 0 aliphatic carbocycles. The molecule has 0 spiro atoms. The second-order valence-corrected chi connectivity index (χ2v) is 4.64. The molecule has 0 fully saturated rings. The fourth-order valence-electron chi connectivity index (χ4n) is 2.05. The second kappa shape index (κ2) is 5.10. The summed E-state index contributed by atoms with van der Waals surface area (Å²) in [6, 6.07) is 4.83. The van der Waals surface area contributed by atoms with Gasteiger partial charge in [-0.1, -0.05) is 17.7 Å². The van der Waals surface area contributed by atoms with Gasteiger partial charge in [-0.15, -0.1) is 0 Å². The molecule has 0 saturated heterocycles. The van der Waals surface area contributed by atoms with Gasteiger partial charge >= 0.3 is 0 Å². The van der Waals surface area contributed by atoms with E-state index in [9.17, 15) is 4.79 Å². The number of rotatable bonds is 4. The van der Waals surface area contributed by atoms with Crippen LogP contribution in [-0.2, 0) is 7.05 Å². The maximum absolute atomic E-state index is 12.3. The third kappa shape index (κ3) is 2.14. The van der Waals surface area contributed by atoms with E-state index in [0.717, 1.165) is 10.9 Å². The summed E-state index contributed by atoms with van der Waals surface area (Å²) in [4.78, 5) is 12.3. The van der Waals surface area contributed by atoms with E-state index in [2.05, 4.69) is 5.32 Å². The van der Waals surface area contributed by atoms with Crippen molar-refractivity contribution in [3.63, 3.8) is 0 Å². The van der Waals surface area contributed by atoms with Crippen LogP contribution in [0.1, 0.15) is 10.4 Å². The van der Waals surface area contributed by atoms with Crippen LogP contribution in [0.4, 0.5) is 0 Å². The summed E-state index contributed by atoms with van der Waals surface area (Å²) in [6.45, 7) is -0.223. The second-order valence-electron chi connectivity index (χ2n) is 4.20. The standard InChI is InChI=1S/C13H15ClN2O2/c1-15-11(7-17)13(18)10-6-16(2)12-5-8(14)3-4-9(10)12/h3-6,11,15,17H,7H2,1-2H3. The van der Waals surface area contributed by atoms with Crippen LogP contribution in [0.3, 0.4) is 0 Å². The molecule has 1 atom stereocenters. The normalized spacial score (nSPS) is 12.9. The minimum atomic E-state index is -0.578. The molecule has 1 aromatic carbocycles. The van der Waals surface area contributed by atoms with Crippen LogP contribution in [0.25, 0.3) is 10.9 Å². The molecule has 1 aromatic heterocycles. The van der Waals surface area contributed by atoms with Crippen molar-refractivity contribution in [3.05, 3.63) is 35.0 Å². The fraction of sp³-hybridized carbons (Fsp3) is 0.308. The van der Waals surface area contributed by atoms with Gasteiger partial charge in [0.1, 0.15) is 0 Å². The highest BCUT2D eigenvalue weighted by Gasteiger charge is 2.21. The smallest absolute Gasteiger partial charge is 0.184 e. The molecule has 0 aliphatic heterocycles. The number of halogens is 1. The molecule has 4 nitrogen and oxygen atoms in total.